The summed E-state index contributed by atoms with van der Waals surface area (Å²) >= 11 is 0. The van der Waals surface area contributed by atoms with Crippen LogP contribution < -0.4 is 11.1 Å². The maximum atomic E-state index is 13.6. The average molecular weight is 290 g/mol. The van der Waals surface area contributed by atoms with Gasteiger partial charge in [-0.15, -0.1) is 0 Å². The molecule has 0 aliphatic carbocycles. The standard InChI is InChI=1S/C16H16F2N2O/c1-10-2-4-11(5-3-10)6-9-14(21)20-16-13(19)8-7-12(17)15(16)18/h2-5,7-8H,6,9,19H2,1H3,(H,20,21). The molecule has 0 bridgehead atoms. The van der Waals surface area contributed by atoms with Crippen LogP contribution >= 0.6 is 0 Å². The lowest BCUT2D eigenvalue weighted by Crippen LogP contribution is -2.15. The lowest BCUT2D eigenvalue weighted by molar-refractivity contribution is -0.116. The van der Waals surface area contributed by atoms with Gasteiger partial charge in [0, 0.05) is 6.42 Å². The molecular formula is C16H16F2N2O. The molecule has 0 radical (unpaired) electrons. The maximum absolute atomic E-state index is 13.6. The van der Waals surface area contributed by atoms with Gasteiger partial charge in [-0.25, -0.2) is 8.78 Å². The predicted octanol–water partition coefficient (Wildman–Crippen LogP) is 3.43. The van der Waals surface area contributed by atoms with E-state index in [0.29, 0.717) is 6.42 Å². The molecule has 2 rings (SSSR count). The van der Waals surface area contributed by atoms with E-state index in [9.17, 15) is 13.6 Å². The summed E-state index contributed by atoms with van der Waals surface area (Å²) < 4.78 is 26.7. The molecule has 3 nitrogen and oxygen atoms in total. The Hall–Kier alpha value is -2.43. The summed E-state index contributed by atoms with van der Waals surface area (Å²) in [4.78, 5) is 11.8. The first kappa shape index (κ1) is 15.0. The third-order valence-corrected chi connectivity index (χ3v) is 3.15. The fraction of sp³-hybridized carbons (Fsp3) is 0.188. The second-order valence-corrected chi connectivity index (χ2v) is 4.86. The molecule has 0 atom stereocenters. The predicted molar refractivity (Wildman–Crippen MR) is 78.9 cm³/mol. The summed E-state index contributed by atoms with van der Waals surface area (Å²) in [5, 5.41) is 2.32. The second-order valence-electron chi connectivity index (χ2n) is 4.86. The van der Waals surface area contributed by atoms with E-state index in [0.717, 1.165) is 17.2 Å². The summed E-state index contributed by atoms with van der Waals surface area (Å²) in [7, 11) is 0. The highest BCUT2D eigenvalue weighted by atomic mass is 19.2. The summed E-state index contributed by atoms with van der Waals surface area (Å²) in [5.74, 6) is -2.59. The normalized spacial score (nSPS) is 10.4. The highest BCUT2D eigenvalue weighted by Gasteiger charge is 2.14. The minimum absolute atomic E-state index is 0.00224. The number of hydrogen-bond donors (Lipinski definition) is 2. The Kier molecular flexibility index (Phi) is 4.52. The van der Waals surface area contributed by atoms with Crippen molar-refractivity contribution in [3.8, 4) is 0 Å². The Morgan fingerprint density at radius 2 is 1.81 bits per heavy atom. The van der Waals surface area contributed by atoms with Crippen LogP contribution in [0.2, 0.25) is 0 Å². The van der Waals surface area contributed by atoms with E-state index in [1.54, 1.807) is 0 Å². The molecule has 0 saturated carbocycles. The van der Waals surface area contributed by atoms with Gasteiger partial charge in [0.15, 0.2) is 11.6 Å². The van der Waals surface area contributed by atoms with E-state index in [1.165, 1.54) is 6.07 Å². The van der Waals surface area contributed by atoms with Gasteiger partial charge < -0.3 is 11.1 Å². The lowest BCUT2D eigenvalue weighted by atomic mass is 10.1. The van der Waals surface area contributed by atoms with E-state index in [1.807, 2.05) is 31.2 Å². The molecule has 0 saturated heterocycles. The van der Waals surface area contributed by atoms with Crippen molar-refractivity contribution < 1.29 is 13.6 Å². The molecule has 2 aromatic rings. The van der Waals surface area contributed by atoms with Crippen molar-refractivity contribution in [2.45, 2.75) is 19.8 Å². The number of carbonyl (C=O) groups excluding carboxylic acids is 1. The number of halogens is 2. The molecule has 0 aromatic heterocycles. The van der Waals surface area contributed by atoms with Crippen LogP contribution in [-0.2, 0) is 11.2 Å². The van der Waals surface area contributed by atoms with Gasteiger partial charge in [-0.1, -0.05) is 29.8 Å². The zero-order valence-electron chi connectivity index (χ0n) is 11.6. The van der Waals surface area contributed by atoms with Gasteiger partial charge in [-0.05, 0) is 31.0 Å². The Morgan fingerprint density at radius 3 is 2.48 bits per heavy atom. The molecule has 5 heteroatoms. The monoisotopic (exact) mass is 290 g/mol. The van der Waals surface area contributed by atoms with Gasteiger partial charge in [0.05, 0.1) is 5.69 Å². The first-order valence-electron chi connectivity index (χ1n) is 6.56. The fourth-order valence-corrected chi connectivity index (χ4v) is 1.91. The van der Waals surface area contributed by atoms with E-state index >= 15 is 0 Å². The van der Waals surface area contributed by atoms with Crippen molar-refractivity contribution >= 4 is 17.3 Å². The van der Waals surface area contributed by atoms with Crippen LogP contribution in [-0.4, -0.2) is 5.91 Å². The highest BCUT2D eigenvalue weighted by molar-refractivity contribution is 5.94. The van der Waals surface area contributed by atoms with Gasteiger partial charge in [0.2, 0.25) is 5.91 Å². The molecule has 1 amide bonds. The third kappa shape index (κ3) is 3.78. The van der Waals surface area contributed by atoms with Gasteiger partial charge in [0.1, 0.15) is 5.69 Å². The number of anilines is 2. The minimum Gasteiger partial charge on any atom is -0.397 e. The number of benzene rings is 2. The zero-order chi connectivity index (χ0) is 15.4. The zero-order valence-corrected chi connectivity index (χ0v) is 11.6. The lowest BCUT2D eigenvalue weighted by Gasteiger charge is -2.10. The molecule has 0 unspecified atom stereocenters. The topological polar surface area (TPSA) is 55.1 Å². The maximum Gasteiger partial charge on any atom is 0.224 e. The van der Waals surface area contributed by atoms with Gasteiger partial charge in [-0.3, -0.25) is 4.79 Å². The number of nitrogens with one attached hydrogen (secondary N) is 1. The second kappa shape index (κ2) is 6.35. The van der Waals surface area contributed by atoms with Gasteiger partial charge >= 0.3 is 0 Å². The van der Waals surface area contributed by atoms with Crippen LogP contribution in [0, 0.1) is 18.6 Å². The summed E-state index contributed by atoms with van der Waals surface area (Å²) in [6.07, 6.45) is 0.682. The highest BCUT2D eigenvalue weighted by Crippen LogP contribution is 2.24. The van der Waals surface area contributed by atoms with Crippen molar-refractivity contribution in [3.05, 3.63) is 59.2 Å². The molecule has 0 heterocycles. The van der Waals surface area contributed by atoms with Gasteiger partial charge in [0.25, 0.3) is 0 Å². The number of rotatable bonds is 4. The number of hydrogen-bond acceptors (Lipinski definition) is 2. The fourth-order valence-electron chi connectivity index (χ4n) is 1.91. The van der Waals surface area contributed by atoms with E-state index in [2.05, 4.69) is 5.32 Å². The summed E-state index contributed by atoms with van der Waals surface area (Å²) in [5.41, 5.74) is 7.38. The third-order valence-electron chi connectivity index (χ3n) is 3.15. The van der Waals surface area contributed by atoms with Crippen molar-refractivity contribution in [2.75, 3.05) is 11.1 Å². The van der Waals surface area contributed by atoms with Crippen molar-refractivity contribution in [2.24, 2.45) is 0 Å². The first-order valence-corrected chi connectivity index (χ1v) is 6.56. The Labute approximate surface area is 121 Å². The number of amides is 1. The molecule has 0 aliphatic rings. The Bertz CT molecular complexity index is 654. The Balaban J connectivity index is 1.99. The van der Waals surface area contributed by atoms with Crippen molar-refractivity contribution in [1.82, 2.24) is 0 Å². The quantitative estimate of drug-likeness (QED) is 0.848. The molecule has 3 N–H and O–H groups in total. The van der Waals surface area contributed by atoms with Crippen LogP contribution in [0.5, 0.6) is 0 Å². The molecule has 110 valence electrons. The molecule has 0 fully saturated rings. The smallest absolute Gasteiger partial charge is 0.224 e. The van der Waals surface area contributed by atoms with Crippen molar-refractivity contribution in [3.63, 3.8) is 0 Å². The van der Waals surface area contributed by atoms with Crippen LogP contribution in [0.4, 0.5) is 20.2 Å². The number of nitrogen functional groups attached to an aromatic ring is 1. The SMILES string of the molecule is Cc1ccc(CCC(=O)Nc2c(N)ccc(F)c2F)cc1. The summed E-state index contributed by atoms with van der Waals surface area (Å²) in [6, 6.07) is 9.91. The van der Waals surface area contributed by atoms with Crippen LogP contribution in [0.3, 0.4) is 0 Å². The summed E-state index contributed by atoms with van der Waals surface area (Å²) in [6.45, 7) is 1.98. The average Bonchev–Trinajstić information content (AvgIpc) is 2.47. The molecule has 0 spiro atoms. The largest absolute Gasteiger partial charge is 0.397 e. The van der Waals surface area contributed by atoms with Gasteiger partial charge in [-0.2, -0.15) is 0 Å². The molecule has 2 aromatic carbocycles. The van der Waals surface area contributed by atoms with Crippen LogP contribution in [0.15, 0.2) is 36.4 Å². The number of aryl methyl sites for hydroxylation is 2. The Morgan fingerprint density at radius 1 is 1.14 bits per heavy atom. The van der Waals surface area contributed by atoms with E-state index < -0.39 is 17.5 Å². The van der Waals surface area contributed by atoms with E-state index in [4.69, 9.17) is 5.73 Å². The van der Waals surface area contributed by atoms with Crippen LogP contribution in [0.1, 0.15) is 17.5 Å². The molecule has 0 aliphatic heterocycles. The number of nitrogens with two attached hydrogens (primary N) is 1. The van der Waals surface area contributed by atoms with Crippen molar-refractivity contribution in [1.29, 1.82) is 0 Å². The van der Waals surface area contributed by atoms with Crippen LogP contribution in [0.25, 0.3) is 0 Å². The molecular weight excluding hydrogens is 274 g/mol. The van der Waals surface area contributed by atoms with E-state index in [-0.39, 0.29) is 17.8 Å². The molecule has 21 heavy (non-hydrogen) atoms. The number of carbonyl (C=O) groups is 1. The first-order chi connectivity index (χ1) is 9.97. The minimum atomic E-state index is -1.14.